The zero-order valence-corrected chi connectivity index (χ0v) is 9.72. The van der Waals surface area contributed by atoms with Crippen LogP contribution in [0.4, 0.5) is 3.89 Å². The Morgan fingerprint density at radius 3 is 2.50 bits per heavy atom. The fraction of sp³-hybridized carbons (Fsp3) is 0.125. The molecule has 1 aromatic carbocycles. The van der Waals surface area contributed by atoms with Gasteiger partial charge < -0.3 is 8.92 Å². The summed E-state index contributed by atoms with van der Waals surface area (Å²) in [5.74, 6) is -1.06. The molecular weight excluding hydrogens is 259 g/mol. The minimum atomic E-state index is -5.13. The van der Waals surface area contributed by atoms with E-state index in [1.54, 1.807) is 0 Å². The second kappa shape index (κ2) is 4.71. The van der Waals surface area contributed by atoms with E-state index in [2.05, 4.69) is 21.5 Å². The lowest BCUT2D eigenvalue weighted by Gasteiger charge is -2.04. The lowest BCUT2D eigenvalue weighted by Crippen LogP contribution is -2.05. The Labute approximate surface area is 97.0 Å². The molecule has 0 aliphatic rings. The number of thiol groups is 1. The molecule has 0 unspecified atom stereocenters. The van der Waals surface area contributed by atoms with Crippen molar-refractivity contribution >= 4 is 29.1 Å². The van der Waals surface area contributed by atoms with E-state index in [4.69, 9.17) is 0 Å². The van der Waals surface area contributed by atoms with E-state index in [1.165, 1.54) is 6.07 Å². The van der Waals surface area contributed by atoms with Crippen LogP contribution < -0.4 is 4.18 Å². The van der Waals surface area contributed by atoms with Crippen LogP contribution in [0.1, 0.15) is 10.4 Å². The highest BCUT2D eigenvalue weighted by Crippen LogP contribution is 2.22. The predicted molar refractivity (Wildman–Crippen MR) is 55.7 cm³/mol. The SMILES string of the molecule is COC(=O)c1cc(S)cc(OS(=O)(=O)F)c1. The second-order valence-electron chi connectivity index (χ2n) is 2.68. The standard InChI is InChI=1S/C8H7FO5S2/c1-13-8(10)5-2-6(4-7(15)3-5)14-16(9,11)12/h2-4,15H,1H3. The van der Waals surface area contributed by atoms with Crippen LogP contribution in [0.2, 0.25) is 0 Å². The van der Waals surface area contributed by atoms with Crippen molar-refractivity contribution in [3.05, 3.63) is 23.8 Å². The summed E-state index contributed by atoms with van der Waals surface area (Å²) in [6, 6.07) is 3.50. The molecule has 0 radical (unpaired) electrons. The van der Waals surface area contributed by atoms with Gasteiger partial charge in [0.15, 0.2) is 0 Å². The maximum atomic E-state index is 12.2. The van der Waals surface area contributed by atoms with Gasteiger partial charge >= 0.3 is 16.5 Å². The fourth-order valence-corrected chi connectivity index (χ4v) is 1.57. The summed E-state index contributed by atoms with van der Waals surface area (Å²) in [7, 11) is -3.98. The fourth-order valence-electron chi connectivity index (χ4n) is 0.982. The average Bonchev–Trinajstić information content (AvgIpc) is 2.12. The van der Waals surface area contributed by atoms with E-state index < -0.39 is 16.5 Å². The van der Waals surface area contributed by atoms with Crippen LogP contribution in [-0.2, 0) is 15.2 Å². The predicted octanol–water partition coefficient (Wildman–Crippen LogP) is 1.35. The molecule has 0 aromatic heterocycles. The van der Waals surface area contributed by atoms with Crippen molar-refractivity contribution in [2.75, 3.05) is 7.11 Å². The summed E-state index contributed by atoms with van der Waals surface area (Å²) >= 11 is 3.90. The first-order valence-corrected chi connectivity index (χ1v) is 5.64. The average molecular weight is 266 g/mol. The summed E-state index contributed by atoms with van der Waals surface area (Å²) in [6.07, 6.45) is 0. The molecule has 0 aliphatic heterocycles. The zero-order valence-electron chi connectivity index (χ0n) is 8.01. The highest BCUT2D eigenvalue weighted by atomic mass is 32.3. The van der Waals surface area contributed by atoms with Gasteiger partial charge in [0.1, 0.15) is 5.75 Å². The molecule has 5 nitrogen and oxygen atoms in total. The van der Waals surface area contributed by atoms with Crippen LogP contribution in [0.3, 0.4) is 0 Å². The van der Waals surface area contributed by atoms with Crippen LogP contribution in [-0.4, -0.2) is 21.5 Å². The largest absolute Gasteiger partial charge is 0.488 e. The number of rotatable bonds is 3. The number of carbonyl (C=O) groups is 1. The zero-order chi connectivity index (χ0) is 12.3. The van der Waals surface area contributed by atoms with Crippen molar-refractivity contribution in [3.63, 3.8) is 0 Å². The van der Waals surface area contributed by atoms with Crippen molar-refractivity contribution in [1.82, 2.24) is 0 Å². The molecule has 88 valence electrons. The molecule has 0 spiro atoms. The van der Waals surface area contributed by atoms with Gasteiger partial charge in [0, 0.05) is 4.90 Å². The molecule has 1 rings (SSSR count). The van der Waals surface area contributed by atoms with Gasteiger partial charge in [-0.2, -0.15) is 8.42 Å². The van der Waals surface area contributed by atoms with Crippen LogP contribution in [0.15, 0.2) is 23.1 Å². The number of methoxy groups -OCH3 is 1. The van der Waals surface area contributed by atoms with Gasteiger partial charge in [-0.05, 0) is 18.2 Å². The van der Waals surface area contributed by atoms with E-state index in [0.29, 0.717) is 0 Å². The molecule has 16 heavy (non-hydrogen) atoms. The van der Waals surface area contributed by atoms with E-state index in [1.807, 2.05) is 0 Å². The Hall–Kier alpha value is -1.28. The van der Waals surface area contributed by atoms with Crippen LogP contribution in [0, 0.1) is 0 Å². The Morgan fingerprint density at radius 1 is 1.38 bits per heavy atom. The third-order valence-corrected chi connectivity index (χ3v) is 2.16. The molecule has 1 aromatic rings. The summed E-state index contributed by atoms with van der Waals surface area (Å²) in [4.78, 5) is 11.4. The lowest BCUT2D eigenvalue weighted by atomic mass is 10.2. The molecule has 8 heteroatoms. The molecule has 0 bridgehead atoms. The third-order valence-electron chi connectivity index (χ3n) is 1.51. The number of halogens is 1. The van der Waals surface area contributed by atoms with E-state index in [-0.39, 0.29) is 16.2 Å². The van der Waals surface area contributed by atoms with Gasteiger partial charge in [-0.25, -0.2) is 4.79 Å². The summed E-state index contributed by atoms with van der Waals surface area (Å²) in [5, 5.41) is 0. The minimum Gasteiger partial charge on any atom is -0.465 e. The Balaban J connectivity index is 3.13. The van der Waals surface area contributed by atoms with Gasteiger partial charge in [0.25, 0.3) is 0 Å². The summed E-state index contributed by atoms with van der Waals surface area (Å²) in [5.41, 5.74) is 0.00801. The number of ether oxygens (including phenoxy) is 1. The quantitative estimate of drug-likeness (QED) is 0.508. The van der Waals surface area contributed by atoms with Crippen molar-refractivity contribution in [2.45, 2.75) is 4.90 Å². The maximum Gasteiger partial charge on any atom is 0.488 e. The van der Waals surface area contributed by atoms with Crippen LogP contribution in [0.25, 0.3) is 0 Å². The normalized spacial score (nSPS) is 10.9. The second-order valence-corrected chi connectivity index (χ2v) is 4.15. The van der Waals surface area contributed by atoms with Crippen molar-refractivity contribution in [1.29, 1.82) is 0 Å². The number of hydrogen-bond acceptors (Lipinski definition) is 6. The first kappa shape index (κ1) is 12.8. The van der Waals surface area contributed by atoms with Crippen molar-refractivity contribution in [2.24, 2.45) is 0 Å². The molecule has 0 heterocycles. The Morgan fingerprint density at radius 2 is 2.00 bits per heavy atom. The van der Waals surface area contributed by atoms with Gasteiger partial charge in [-0.15, -0.1) is 12.6 Å². The molecule has 0 amide bonds. The first-order chi connectivity index (χ1) is 7.31. The highest BCUT2D eigenvalue weighted by molar-refractivity contribution is 7.81. The van der Waals surface area contributed by atoms with E-state index in [9.17, 15) is 17.1 Å². The smallest absolute Gasteiger partial charge is 0.465 e. The number of benzene rings is 1. The van der Waals surface area contributed by atoms with Gasteiger partial charge in [-0.1, -0.05) is 3.89 Å². The van der Waals surface area contributed by atoms with Crippen LogP contribution >= 0.6 is 12.6 Å². The molecule has 0 saturated carbocycles. The topological polar surface area (TPSA) is 69.7 Å². The molecule has 0 fully saturated rings. The maximum absolute atomic E-state index is 12.2. The number of carbonyl (C=O) groups excluding carboxylic acids is 1. The summed E-state index contributed by atoms with van der Waals surface area (Å²) in [6.45, 7) is 0. The third kappa shape index (κ3) is 3.70. The monoisotopic (exact) mass is 266 g/mol. The number of esters is 1. The highest BCUT2D eigenvalue weighted by Gasteiger charge is 2.13. The molecule has 0 N–H and O–H groups in total. The molecular formula is C8H7FO5S2. The summed E-state index contributed by atoms with van der Waals surface area (Å²) < 4.78 is 41.1. The lowest BCUT2D eigenvalue weighted by molar-refractivity contribution is 0.0600. The van der Waals surface area contributed by atoms with Gasteiger partial charge in [0.2, 0.25) is 0 Å². The first-order valence-electron chi connectivity index (χ1n) is 3.88. The Bertz CT molecular complexity index is 511. The van der Waals surface area contributed by atoms with Crippen LogP contribution in [0.5, 0.6) is 5.75 Å². The minimum absolute atomic E-state index is 0.00801. The van der Waals surface area contributed by atoms with Crippen molar-refractivity contribution < 1.29 is 26.0 Å². The molecule has 0 aliphatic carbocycles. The van der Waals surface area contributed by atoms with Gasteiger partial charge in [-0.3, -0.25) is 0 Å². The van der Waals surface area contributed by atoms with E-state index >= 15 is 0 Å². The molecule has 0 atom stereocenters. The molecule has 0 saturated heterocycles. The van der Waals surface area contributed by atoms with E-state index in [0.717, 1.165) is 19.2 Å². The van der Waals surface area contributed by atoms with Crippen molar-refractivity contribution in [3.8, 4) is 5.75 Å². The number of hydrogen-bond donors (Lipinski definition) is 1. The van der Waals surface area contributed by atoms with Gasteiger partial charge in [0.05, 0.1) is 12.7 Å². The Kier molecular flexibility index (Phi) is 3.76.